The molecule has 3 amide bonds. The molecule has 3 N–H and O–H groups in total. The Kier molecular flexibility index (Phi) is 10.0. The molecule has 11 heteroatoms. The number of hydrogen-bond acceptors (Lipinski definition) is 8. The van der Waals surface area contributed by atoms with Gasteiger partial charge in [0, 0.05) is 27.8 Å². The van der Waals surface area contributed by atoms with Crippen LogP contribution in [0.1, 0.15) is 28.6 Å². The zero-order chi connectivity index (χ0) is 30.1. The first kappa shape index (κ1) is 29.9. The summed E-state index contributed by atoms with van der Waals surface area (Å²) in [5.41, 5.74) is 1.38. The van der Waals surface area contributed by atoms with E-state index in [0.29, 0.717) is 39.9 Å². The Morgan fingerprint density at radius 2 is 1.69 bits per heavy atom. The van der Waals surface area contributed by atoms with Crippen LogP contribution in [-0.4, -0.2) is 42.3 Å². The quantitative estimate of drug-likeness (QED) is 0.154. The lowest BCUT2D eigenvalue weighted by molar-refractivity contribution is -0.115. The molecule has 0 bridgehead atoms. The Labute approximate surface area is 247 Å². The summed E-state index contributed by atoms with van der Waals surface area (Å²) in [7, 11) is 3.01. The maximum Gasteiger partial charge on any atom is 0.272 e. The molecule has 4 rings (SSSR count). The first-order chi connectivity index (χ1) is 20.3. The van der Waals surface area contributed by atoms with Crippen molar-refractivity contribution in [3.05, 3.63) is 101 Å². The molecule has 1 atom stereocenters. The fraction of sp³-hybridized carbons (Fsp3) is 0.161. The van der Waals surface area contributed by atoms with E-state index in [0.717, 1.165) is 4.90 Å². The zero-order valence-electron chi connectivity index (χ0n) is 23.5. The van der Waals surface area contributed by atoms with Crippen molar-refractivity contribution in [2.45, 2.75) is 24.0 Å². The average Bonchev–Trinajstić information content (AvgIpc) is 3.41. The topological polar surface area (TPSA) is 132 Å². The second kappa shape index (κ2) is 14.0. The molecular weight excluding hydrogens is 556 g/mol. The third-order valence-electron chi connectivity index (χ3n) is 5.92. The van der Waals surface area contributed by atoms with Gasteiger partial charge in [0.1, 0.15) is 11.5 Å². The highest BCUT2D eigenvalue weighted by Gasteiger charge is 2.19. The molecule has 0 saturated heterocycles. The van der Waals surface area contributed by atoms with Gasteiger partial charge in [0.2, 0.25) is 5.91 Å². The second-order valence-electron chi connectivity index (χ2n) is 9.01. The van der Waals surface area contributed by atoms with Crippen molar-refractivity contribution < 1.29 is 28.4 Å². The van der Waals surface area contributed by atoms with Crippen molar-refractivity contribution >= 4 is 47.1 Å². The van der Waals surface area contributed by atoms with Gasteiger partial charge < -0.3 is 29.9 Å². The van der Waals surface area contributed by atoms with Crippen LogP contribution in [0.25, 0.3) is 6.08 Å². The number of nitrogens with zero attached hydrogens (tertiary/aromatic N) is 1. The lowest BCUT2D eigenvalue weighted by Crippen LogP contribution is -2.30. The minimum absolute atomic E-state index is 0.0101. The number of nitrogens with one attached hydrogen (secondary N) is 3. The van der Waals surface area contributed by atoms with Gasteiger partial charge in [0.05, 0.1) is 19.5 Å². The molecule has 0 aliphatic heterocycles. The first-order valence-corrected chi connectivity index (χ1v) is 13.8. The number of rotatable bonds is 11. The third-order valence-corrected chi connectivity index (χ3v) is 7.01. The van der Waals surface area contributed by atoms with Gasteiger partial charge in [-0.1, -0.05) is 41.6 Å². The summed E-state index contributed by atoms with van der Waals surface area (Å²) in [6.07, 6.45) is 1.52. The van der Waals surface area contributed by atoms with Crippen molar-refractivity contribution in [2.75, 3.05) is 24.9 Å². The number of aryl methyl sites for hydroxylation is 1. The molecule has 0 spiro atoms. The second-order valence-corrected chi connectivity index (χ2v) is 10.4. The lowest BCUT2D eigenvalue weighted by atomic mass is 10.1. The predicted octanol–water partition coefficient (Wildman–Crippen LogP) is 5.53. The minimum atomic E-state index is -0.557. The largest absolute Gasteiger partial charge is 0.493 e. The number of hydrogen-bond donors (Lipinski definition) is 3. The van der Waals surface area contributed by atoms with Gasteiger partial charge in [-0.2, -0.15) is 0 Å². The van der Waals surface area contributed by atoms with Gasteiger partial charge in [-0.15, -0.1) is 11.8 Å². The molecule has 0 aliphatic rings. The van der Waals surface area contributed by atoms with E-state index in [9.17, 15) is 14.4 Å². The lowest BCUT2D eigenvalue weighted by Gasteiger charge is -2.15. The van der Waals surface area contributed by atoms with E-state index in [1.54, 1.807) is 86.6 Å². The fourth-order valence-electron chi connectivity index (χ4n) is 3.88. The van der Waals surface area contributed by atoms with E-state index in [1.165, 1.54) is 32.1 Å². The Bertz CT molecular complexity index is 1600. The van der Waals surface area contributed by atoms with Gasteiger partial charge in [-0.25, -0.2) is 0 Å². The van der Waals surface area contributed by atoms with E-state index < -0.39 is 17.1 Å². The number of carbonyl (C=O) groups excluding carboxylic acids is 3. The molecule has 1 unspecified atom stereocenters. The van der Waals surface area contributed by atoms with E-state index in [-0.39, 0.29) is 11.6 Å². The van der Waals surface area contributed by atoms with Crippen LogP contribution < -0.4 is 25.4 Å². The van der Waals surface area contributed by atoms with Gasteiger partial charge in [0.15, 0.2) is 17.3 Å². The number of amides is 3. The van der Waals surface area contributed by atoms with E-state index >= 15 is 0 Å². The van der Waals surface area contributed by atoms with E-state index in [1.807, 2.05) is 6.07 Å². The van der Waals surface area contributed by atoms with Crippen molar-refractivity contribution in [3.63, 3.8) is 0 Å². The number of aromatic nitrogens is 1. The third kappa shape index (κ3) is 7.79. The summed E-state index contributed by atoms with van der Waals surface area (Å²) in [5, 5.41) is 11.6. The Morgan fingerprint density at radius 1 is 0.929 bits per heavy atom. The maximum absolute atomic E-state index is 13.5. The normalized spacial score (nSPS) is 11.8. The van der Waals surface area contributed by atoms with E-state index in [2.05, 4.69) is 21.1 Å². The summed E-state index contributed by atoms with van der Waals surface area (Å²) in [5.74, 6) is 0.558. The van der Waals surface area contributed by atoms with Crippen LogP contribution in [-0.2, 0) is 9.59 Å². The summed E-state index contributed by atoms with van der Waals surface area (Å²) >= 11 is 1.31. The summed E-state index contributed by atoms with van der Waals surface area (Å²) in [4.78, 5) is 39.9. The van der Waals surface area contributed by atoms with Crippen molar-refractivity contribution in [1.29, 1.82) is 0 Å². The van der Waals surface area contributed by atoms with Crippen LogP contribution in [0, 0.1) is 6.92 Å². The number of benzene rings is 3. The van der Waals surface area contributed by atoms with Gasteiger partial charge >= 0.3 is 0 Å². The monoisotopic (exact) mass is 586 g/mol. The smallest absolute Gasteiger partial charge is 0.272 e. The highest BCUT2D eigenvalue weighted by atomic mass is 32.2. The highest BCUT2D eigenvalue weighted by Crippen LogP contribution is 2.32. The molecule has 0 saturated carbocycles. The van der Waals surface area contributed by atoms with Gasteiger partial charge in [-0.3, -0.25) is 14.4 Å². The molecule has 216 valence electrons. The van der Waals surface area contributed by atoms with Crippen LogP contribution in [0.5, 0.6) is 11.5 Å². The van der Waals surface area contributed by atoms with Crippen LogP contribution in [0.4, 0.5) is 11.5 Å². The molecule has 1 heterocycles. The Hall–Kier alpha value is -5.03. The van der Waals surface area contributed by atoms with Crippen LogP contribution in [0.15, 0.2) is 94.0 Å². The first-order valence-electron chi connectivity index (χ1n) is 12.9. The Balaban J connectivity index is 1.55. The highest BCUT2D eigenvalue weighted by molar-refractivity contribution is 8.00. The number of anilines is 2. The molecule has 4 aromatic rings. The number of methoxy groups -OCH3 is 2. The maximum atomic E-state index is 13.5. The zero-order valence-corrected chi connectivity index (χ0v) is 24.3. The van der Waals surface area contributed by atoms with E-state index in [4.69, 9.17) is 14.0 Å². The van der Waals surface area contributed by atoms with Crippen molar-refractivity contribution in [3.8, 4) is 11.5 Å². The number of thioether (sulfide) groups is 1. The summed E-state index contributed by atoms with van der Waals surface area (Å²) in [6, 6.07) is 22.5. The summed E-state index contributed by atoms with van der Waals surface area (Å²) < 4.78 is 15.9. The van der Waals surface area contributed by atoms with Crippen molar-refractivity contribution in [1.82, 2.24) is 10.5 Å². The van der Waals surface area contributed by atoms with Crippen LogP contribution in [0.3, 0.4) is 0 Å². The van der Waals surface area contributed by atoms with Gasteiger partial charge in [0.25, 0.3) is 11.8 Å². The standard InChI is InChI=1S/C31H30N4O6S/c1-19-16-27(35-41-19)34-29(36)20(2)42-24-14-9-13-23(18-24)32-31(38)25(33-30(37)21-10-6-5-7-11-21)17-22-12-8-15-26(39-3)28(22)40-4/h5-18,20H,1-4H3,(H,32,38)(H,33,37)(H,34,35,36)/b25-17+. The molecule has 0 radical (unpaired) electrons. The predicted molar refractivity (Wildman–Crippen MR) is 162 cm³/mol. The molecule has 42 heavy (non-hydrogen) atoms. The van der Waals surface area contributed by atoms with Crippen LogP contribution in [0.2, 0.25) is 0 Å². The molecular formula is C31H30N4O6S. The number of carbonyl (C=O) groups is 3. The summed E-state index contributed by atoms with van der Waals surface area (Å²) in [6.45, 7) is 3.50. The molecule has 3 aromatic carbocycles. The molecule has 0 aliphatic carbocycles. The molecule has 1 aromatic heterocycles. The average molecular weight is 587 g/mol. The Morgan fingerprint density at radius 3 is 2.38 bits per heavy atom. The minimum Gasteiger partial charge on any atom is -0.493 e. The number of ether oxygens (including phenoxy) is 2. The molecule has 0 fully saturated rings. The SMILES string of the molecule is COc1cccc(/C=C(/NC(=O)c2ccccc2)C(=O)Nc2cccc(SC(C)C(=O)Nc3cc(C)on3)c2)c1OC. The fourth-order valence-corrected chi connectivity index (χ4v) is 4.81. The van der Waals surface area contributed by atoms with Crippen molar-refractivity contribution in [2.24, 2.45) is 0 Å². The molecule has 10 nitrogen and oxygen atoms in total. The van der Waals surface area contributed by atoms with Gasteiger partial charge in [-0.05, 0) is 56.3 Å². The van der Waals surface area contributed by atoms with Crippen LogP contribution >= 0.6 is 11.8 Å². The number of para-hydroxylation sites is 1.